The molecule has 1 aromatic carbocycles. The molecule has 0 saturated carbocycles. The second kappa shape index (κ2) is 13.8. The van der Waals surface area contributed by atoms with Crippen LogP contribution in [0.4, 0.5) is 4.79 Å². The Hall–Kier alpha value is -2.56. The molecule has 2 aromatic rings. The number of carbonyl (C=O) groups excluding carboxylic acids is 1. The van der Waals surface area contributed by atoms with Gasteiger partial charge in [-0.15, -0.1) is 24.0 Å². The number of nitrogens with zero attached hydrogens (tertiary/aromatic N) is 3. The van der Waals surface area contributed by atoms with Crippen LogP contribution in [0, 0.1) is 0 Å². The van der Waals surface area contributed by atoms with Crippen molar-refractivity contribution in [2.24, 2.45) is 4.99 Å². The van der Waals surface area contributed by atoms with Crippen molar-refractivity contribution >= 4 is 36.0 Å². The van der Waals surface area contributed by atoms with E-state index in [0.717, 1.165) is 24.0 Å². The number of benzene rings is 1. The van der Waals surface area contributed by atoms with Crippen molar-refractivity contribution in [3.05, 3.63) is 59.8 Å². The highest BCUT2D eigenvalue weighted by atomic mass is 127. The third kappa shape index (κ3) is 7.85. The Balaban J connectivity index is 0.00000363. The van der Waals surface area contributed by atoms with Crippen LogP contribution in [-0.4, -0.2) is 54.7 Å². The van der Waals surface area contributed by atoms with Crippen molar-refractivity contribution < 1.29 is 14.3 Å². The first-order valence-corrected chi connectivity index (χ1v) is 10.7. The van der Waals surface area contributed by atoms with Crippen LogP contribution in [0.1, 0.15) is 30.9 Å². The third-order valence-electron chi connectivity index (χ3n) is 5.10. The molecule has 0 spiro atoms. The van der Waals surface area contributed by atoms with Crippen LogP contribution in [0.2, 0.25) is 0 Å². The highest BCUT2D eigenvalue weighted by Crippen LogP contribution is 2.16. The number of likely N-dealkylation sites (tertiary alicyclic amines) is 1. The number of rotatable bonds is 7. The zero-order valence-electron chi connectivity index (χ0n) is 18.6. The predicted molar refractivity (Wildman–Crippen MR) is 135 cm³/mol. The van der Waals surface area contributed by atoms with E-state index in [1.54, 1.807) is 18.1 Å². The van der Waals surface area contributed by atoms with E-state index in [1.807, 2.05) is 49.4 Å². The molecule has 174 valence electrons. The molecule has 0 radical (unpaired) electrons. The van der Waals surface area contributed by atoms with Gasteiger partial charge in [-0.2, -0.15) is 0 Å². The maximum atomic E-state index is 11.8. The van der Waals surface area contributed by atoms with E-state index < -0.39 is 0 Å². The molecular formula is C23H32IN5O3. The van der Waals surface area contributed by atoms with Crippen LogP contribution >= 0.6 is 24.0 Å². The molecule has 32 heavy (non-hydrogen) atoms. The first-order chi connectivity index (χ1) is 15.2. The second-order valence-corrected chi connectivity index (χ2v) is 7.27. The Morgan fingerprint density at radius 2 is 1.94 bits per heavy atom. The lowest BCUT2D eigenvalue weighted by Crippen LogP contribution is -2.49. The van der Waals surface area contributed by atoms with Gasteiger partial charge in [0.25, 0.3) is 0 Å². The molecule has 0 aliphatic carbocycles. The summed E-state index contributed by atoms with van der Waals surface area (Å²) in [6.07, 6.45) is 3.19. The first-order valence-electron chi connectivity index (χ1n) is 10.7. The molecule has 1 amide bonds. The number of aromatic nitrogens is 1. The second-order valence-electron chi connectivity index (χ2n) is 7.27. The summed E-state index contributed by atoms with van der Waals surface area (Å²) < 4.78 is 11.0. The standard InChI is InChI=1S/C23H31N5O3.HI/c1-3-30-23(29)28-14-11-20(12-15-28)27-22(24-2)26-16-19-10-7-13-25-21(19)31-17-18-8-5-4-6-9-18;/h4-10,13,20H,3,11-12,14-17H2,1-2H3,(H2,24,26,27);1H. The molecule has 8 nitrogen and oxygen atoms in total. The fourth-order valence-corrected chi connectivity index (χ4v) is 3.40. The molecule has 1 fully saturated rings. The molecule has 0 atom stereocenters. The summed E-state index contributed by atoms with van der Waals surface area (Å²) in [7, 11) is 1.75. The minimum atomic E-state index is -0.233. The minimum absolute atomic E-state index is 0. The van der Waals surface area contributed by atoms with Crippen LogP contribution < -0.4 is 15.4 Å². The largest absolute Gasteiger partial charge is 0.473 e. The molecule has 1 aliphatic heterocycles. The summed E-state index contributed by atoms with van der Waals surface area (Å²) in [6.45, 7) is 4.58. The number of guanidine groups is 1. The molecule has 1 aromatic heterocycles. The molecule has 0 unspecified atom stereocenters. The van der Waals surface area contributed by atoms with Crippen LogP contribution in [0.3, 0.4) is 0 Å². The highest BCUT2D eigenvalue weighted by Gasteiger charge is 2.24. The fourth-order valence-electron chi connectivity index (χ4n) is 3.40. The van der Waals surface area contributed by atoms with Crippen LogP contribution in [0.5, 0.6) is 5.88 Å². The molecule has 9 heteroatoms. The van der Waals surface area contributed by atoms with Crippen LogP contribution in [-0.2, 0) is 17.9 Å². The summed E-state index contributed by atoms with van der Waals surface area (Å²) in [5.41, 5.74) is 2.05. The number of carbonyl (C=O) groups is 1. The molecule has 1 saturated heterocycles. The molecule has 0 bridgehead atoms. The number of hydrogen-bond donors (Lipinski definition) is 2. The lowest BCUT2D eigenvalue weighted by molar-refractivity contribution is 0.0963. The number of halogens is 1. The number of nitrogens with one attached hydrogen (secondary N) is 2. The van der Waals surface area contributed by atoms with E-state index in [0.29, 0.717) is 44.7 Å². The topological polar surface area (TPSA) is 88.1 Å². The number of hydrogen-bond acceptors (Lipinski definition) is 5. The van der Waals surface area contributed by atoms with Gasteiger partial charge < -0.3 is 25.0 Å². The maximum Gasteiger partial charge on any atom is 0.409 e. The molecule has 3 rings (SSSR count). The SMILES string of the molecule is CCOC(=O)N1CCC(NC(=NC)NCc2cccnc2OCc2ccccc2)CC1.I. The Morgan fingerprint density at radius 3 is 2.62 bits per heavy atom. The van der Waals surface area contributed by atoms with Gasteiger partial charge in [0, 0.05) is 44.5 Å². The van der Waals surface area contributed by atoms with Crippen molar-refractivity contribution in [2.45, 2.75) is 39.0 Å². The van der Waals surface area contributed by atoms with Gasteiger partial charge in [-0.05, 0) is 31.4 Å². The van der Waals surface area contributed by atoms with Gasteiger partial charge in [0.1, 0.15) is 6.61 Å². The number of piperidine rings is 1. The maximum absolute atomic E-state index is 11.8. The Kier molecular flexibility index (Phi) is 11.1. The zero-order valence-corrected chi connectivity index (χ0v) is 21.0. The van der Waals surface area contributed by atoms with Gasteiger partial charge >= 0.3 is 6.09 Å². The Morgan fingerprint density at radius 1 is 1.19 bits per heavy atom. The van der Waals surface area contributed by atoms with Gasteiger partial charge in [0.05, 0.1) is 6.61 Å². The molecular weight excluding hydrogens is 521 g/mol. The third-order valence-corrected chi connectivity index (χ3v) is 5.10. The Bertz CT molecular complexity index is 858. The summed E-state index contributed by atoms with van der Waals surface area (Å²) in [5, 5.41) is 6.78. The quantitative estimate of drug-likeness (QED) is 0.310. The number of pyridine rings is 1. The van der Waals surface area contributed by atoms with Gasteiger partial charge in [-0.1, -0.05) is 36.4 Å². The summed E-state index contributed by atoms with van der Waals surface area (Å²) in [4.78, 5) is 22.3. The predicted octanol–water partition coefficient (Wildman–Crippen LogP) is 3.56. The number of aliphatic imine (C=N–C) groups is 1. The minimum Gasteiger partial charge on any atom is -0.473 e. The fraction of sp³-hybridized carbons (Fsp3) is 0.435. The van der Waals surface area contributed by atoms with Crippen molar-refractivity contribution in [2.75, 3.05) is 26.7 Å². The van der Waals surface area contributed by atoms with E-state index in [2.05, 4.69) is 20.6 Å². The lowest BCUT2D eigenvalue weighted by atomic mass is 10.1. The average Bonchev–Trinajstić information content (AvgIpc) is 2.82. The van der Waals surface area contributed by atoms with E-state index in [-0.39, 0.29) is 36.1 Å². The average molecular weight is 553 g/mol. The van der Waals surface area contributed by atoms with Crippen LogP contribution in [0.15, 0.2) is 53.7 Å². The Labute approximate surface area is 206 Å². The summed E-state index contributed by atoms with van der Waals surface area (Å²) >= 11 is 0. The van der Waals surface area contributed by atoms with E-state index in [1.165, 1.54) is 0 Å². The summed E-state index contributed by atoms with van der Waals surface area (Å²) in [6, 6.07) is 14.2. The normalized spacial score (nSPS) is 14.3. The highest BCUT2D eigenvalue weighted by molar-refractivity contribution is 14.0. The van der Waals surface area contributed by atoms with Crippen LogP contribution in [0.25, 0.3) is 0 Å². The number of ether oxygens (including phenoxy) is 2. The first kappa shape index (κ1) is 25.7. The van der Waals surface area contributed by atoms with Gasteiger partial charge in [0.2, 0.25) is 5.88 Å². The van der Waals surface area contributed by atoms with Crippen molar-refractivity contribution in [3.63, 3.8) is 0 Å². The lowest BCUT2D eigenvalue weighted by Gasteiger charge is -2.32. The summed E-state index contributed by atoms with van der Waals surface area (Å²) in [5.74, 6) is 1.32. The van der Waals surface area contributed by atoms with Crippen molar-refractivity contribution in [1.82, 2.24) is 20.5 Å². The van der Waals surface area contributed by atoms with Crippen molar-refractivity contribution in [1.29, 1.82) is 0 Å². The molecule has 2 N–H and O–H groups in total. The van der Waals surface area contributed by atoms with Gasteiger partial charge in [-0.25, -0.2) is 9.78 Å². The zero-order chi connectivity index (χ0) is 21.9. The van der Waals surface area contributed by atoms with Gasteiger partial charge in [-0.3, -0.25) is 4.99 Å². The van der Waals surface area contributed by atoms with E-state index in [9.17, 15) is 4.79 Å². The van der Waals surface area contributed by atoms with E-state index >= 15 is 0 Å². The smallest absolute Gasteiger partial charge is 0.409 e. The monoisotopic (exact) mass is 553 g/mol. The molecule has 1 aliphatic rings. The van der Waals surface area contributed by atoms with E-state index in [4.69, 9.17) is 9.47 Å². The number of amides is 1. The molecule has 2 heterocycles. The van der Waals surface area contributed by atoms with Crippen molar-refractivity contribution in [3.8, 4) is 5.88 Å². The van der Waals surface area contributed by atoms with Gasteiger partial charge in [0.15, 0.2) is 5.96 Å².